The molecule has 0 saturated heterocycles. The maximum Gasteiger partial charge on any atom is 0.310 e. The van der Waals surface area contributed by atoms with Crippen molar-refractivity contribution in [2.24, 2.45) is 5.41 Å². The highest BCUT2D eigenvalue weighted by Crippen LogP contribution is 2.39. The van der Waals surface area contributed by atoms with Gasteiger partial charge in [-0.15, -0.1) is 0 Å². The van der Waals surface area contributed by atoms with Crippen LogP contribution in [0.2, 0.25) is 0 Å². The lowest BCUT2D eigenvalue weighted by Gasteiger charge is -2.32. The Bertz CT molecular complexity index is 514. The minimum atomic E-state index is -0.888. The lowest BCUT2D eigenvalue weighted by Crippen LogP contribution is -2.39. The number of carbonyl (C=O) groups is 2. The van der Waals surface area contributed by atoms with E-state index in [0.717, 1.165) is 25.0 Å². The summed E-state index contributed by atoms with van der Waals surface area (Å²) in [4.78, 5) is 23.8. The van der Waals surface area contributed by atoms with E-state index in [1.54, 1.807) is 0 Å². The summed E-state index contributed by atoms with van der Waals surface area (Å²) in [7, 11) is 0. The first-order chi connectivity index (χ1) is 9.93. The van der Waals surface area contributed by atoms with Gasteiger partial charge >= 0.3 is 5.97 Å². The zero-order valence-electron chi connectivity index (χ0n) is 12.6. The van der Waals surface area contributed by atoms with Crippen LogP contribution in [0, 0.1) is 12.3 Å². The fourth-order valence-corrected chi connectivity index (χ4v) is 3.05. The highest BCUT2D eigenvalue weighted by Gasteiger charge is 2.41. The molecule has 1 saturated carbocycles. The van der Waals surface area contributed by atoms with E-state index in [4.69, 9.17) is 4.42 Å². The second-order valence-electron chi connectivity index (χ2n) is 6.06. The number of nitrogens with one attached hydrogen (secondary N) is 1. The Morgan fingerprint density at radius 1 is 1.33 bits per heavy atom. The van der Waals surface area contributed by atoms with Crippen molar-refractivity contribution >= 4 is 11.9 Å². The Hall–Kier alpha value is -1.78. The maximum absolute atomic E-state index is 12.2. The van der Waals surface area contributed by atoms with E-state index >= 15 is 0 Å². The molecule has 1 aliphatic carbocycles. The molecule has 116 valence electrons. The predicted molar refractivity (Wildman–Crippen MR) is 77.8 cm³/mol. The van der Waals surface area contributed by atoms with Crippen molar-refractivity contribution in [3.8, 4) is 0 Å². The van der Waals surface area contributed by atoms with Crippen molar-refractivity contribution in [2.75, 3.05) is 0 Å². The fourth-order valence-electron chi connectivity index (χ4n) is 3.05. The average molecular weight is 293 g/mol. The smallest absolute Gasteiger partial charge is 0.310 e. The van der Waals surface area contributed by atoms with Gasteiger partial charge in [0, 0.05) is 6.42 Å². The van der Waals surface area contributed by atoms with Gasteiger partial charge in [-0.25, -0.2) is 0 Å². The third-order valence-electron chi connectivity index (χ3n) is 4.33. The van der Waals surface area contributed by atoms with Gasteiger partial charge in [0.25, 0.3) is 0 Å². The molecule has 0 unspecified atom stereocenters. The van der Waals surface area contributed by atoms with Crippen LogP contribution in [-0.4, -0.2) is 17.0 Å². The highest BCUT2D eigenvalue weighted by molar-refractivity contribution is 5.85. The SMILES string of the molecule is Cc1ccc([C@H](C)NC(=O)CC2(C(=O)O)CCCCC2)o1. The molecule has 0 spiro atoms. The molecule has 5 nitrogen and oxygen atoms in total. The minimum absolute atomic E-state index is 0.0480. The number of carboxylic acid groups (broad SMARTS) is 1. The molecule has 0 aromatic carbocycles. The van der Waals surface area contributed by atoms with Gasteiger partial charge in [0.15, 0.2) is 0 Å². The molecule has 2 rings (SSSR count). The molecule has 1 heterocycles. The normalized spacial score (nSPS) is 19.0. The maximum atomic E-state index is 12.2. The summed E-state index contributed by atoms with van der Waals surface area (Å²) in [6.45, 7) is 3.68. The summed E-state index contributed by atoms with van der Waals surface area (Å²) >= 11 is 0. The van der Waals surface area contributed by atoms with E-state index in [1.165, 1.54) is 0 Å². The third-order valence-corrected chi connectivity index (χ3v) is 4.33. The van der Waals surface area contributed by atoms with Crippen LogP contribution in [0.1, 0.15) is 63.0 Å². The van der Waals surface area contributed by atoms with Crippen molar-refractivity contribution in [2.45, 2.75) is 58.4 Å². The first-order valence-electron chi connectivity index (χ1n) is 7.52. The van der Waals surface area contributed by atoms with Crippen LogP contribution in [0.15, 0.2) is 16.5 Å². The number of carbonyl (C=O) groups excluding carboxylic acids is 1. The summed E-state index contributed by atoms with van der Waals surface area (Å²) < 4.78 is 5.48. The zero-order valence-corrected chi connectivity index (χ0v) is 12.6. The number of hydrogen-bond donors (Lipinski definition) is 2. The molecule has 21 heavy (non-hydrogen) atoms. The quantitative estimate of drug-likeness (QED) is 0.873. The molecule has 1 aromatic heterocycles. The van der Waals surface area contributed by atoms with Gasteiger partial charge in [-0.05, 0) is 38.8 Å². The lowest BCUT2D eigenvalue weighted by atomic mass is 9.71. The number of aryl methyl sites for hydroxylation is 1. The van der Waals surface area contributed by atoms with Crippen LogP contribution in [0.5, 0.6) is 0 Å². The predicted octanol–water partition coefficient (Wildman–Crippen LogP) is 3.19. The Balaban J connectivity index is 1.98. The monoisotopic (exact) mass is 293 g/mol. The van der Waals surface area contributed by atoms with Gasteiger partial charge in [-0.1, -0.05) is 19.3 Å². The summed E-state index contributed by atoms with van der Waals surface area (Å²) in [5.41, 5.74) is -0.888. The molecular weight excluding hydrogens is 270 g/mol. The minimum Gasteiger partial charge on any atom is -0.481 e. The van der Waals surface area contributed by atoms with Gasteiger partial charge in [-0.3, -0.25) is 9.59 Å². The van der Waals surface area contributed by atoms with Crippen LogP contribution in [0.3, 0.4) is 0 Å². The molecule has 1 aromatic rings. The molecule has 0 radical (unpaired) electrons. The van der Waals surface area contributed by atoms with Crippen molar-refractivity contribution in [1.29, 1.82) is 0 Å². The van der Waals surface area contributed by atoms with Crippen LogP contribution < -0.4 is 5.32 Å². The summed E-state index contributed by atoms with van der Waals surface area (Å²) in [6.07, 6.45) is 4.04. The molecule has 1 amide bonds. The molecule has 1 fully saturated rings. The van der Waals surface area contributed by atoms with E-state index < -0.39 is 11.4 Å². The second-order valence-corrected chi connectivity index (χ2v) is 6.06. The van der Waals surface area contributed by atoms with Gasteiger partial charge in [0.1, 0.15) is 11.5 Å². The van der Waals surface area contributed by atoms with Crippen molar-refractivity contribution < 1.29 is 19.1 Å². The number of carboxylic acids is 1. The average Bonchev–Trinajstić information content (AvgIpc) is 2.86. The summed E-state index contributed by atoms with van der Waals surface area (Å²) in [5.74, 6) is 0.411. The van der Waals surface area contributed by atoms with Crippen LogP contribution in [0.4, 0.5) is 0 Å². The van der Waals surface area contributed by atoms with E-state index in [1.807, 2.05) is 26.0 Å². The number of rotatable bonds is 5. The van der Waals surface area contributed by atoms with Crippen LogP contribution in [0.25, 0.3) is 0 Å². The topological polar surface area (TPSA) is 79.5 Å². The number of furan rings is 1. The van der Waals surface area contributed by atoms with E-state index in [0.29, 0.717) is 18.6 Å². The van der Waals surface area contributed by atoms with Gasteiger partial charge in [-0.2, -0.15) is 0 Å². The van der Waals surface area contributed by atoms with Crippen molar-refractivity contribution in [3.05, 3.63) is 23.7 Å². The fraction of sp³-hybridized carbons (Fsp3) is 0.625. The molecule has 1 aliphatic rings. The molecule has 0 bridgehead atoms. The Labute approximate surface area is 124 Å². The van der Waals surface area contributed by atoms with Gasteiger partial charge in [0.05, 0.1) is 11.5 Å². The lowest BCUT2D eigenvalue weighted by molar-refractivity contribution is -0.154. The second kappa shape index (κ2) is 6.33. The first kappa shape index (κ1) is 15.6. The Morgan fingerprint density at radius 3 is 2.52 bits per heavy atom. The molecule has 1 atom stereocenters. The van der Waals surface area contributed by atoms with Crippen LogP contribution in [-0.2, 0) is 9.59 Å². The van der Waals surface area contributed by atoms with Gasteiger partial charge in [0.2, 0.25) is 5.91 Å². The Kier molecular flexibility index (Phi) is 4.70. The molecule has 2 N–H and O–H groups in total. The first-order valence-corrected chi connectivity index (χ1v) is 7.52. The zero-order chi connectivity index (χ0) is 15.5. The van der Waals surface area contributed by atoms with E-state index in [9.17, 15) is 14.7 Å². The van der Waals surface area contributed by atoms with Crippen molar-refractivity contribution in [1.82, 2.24) is 5.32 Å². The molecule has 5 heteroatoms. The standard InChI is InChI=1S/C16H23NO4/c1-11-6-7-13(21-11)12(2)17-14(18)10-16(15(19)20)8-4-3-5-9-16/h6-7,12H,3-5,8-10H2,1-2H3,(H,17,18)(H,19,20)/t12-/m0/s1. The molecular formula is C16H23NO4. The van der Waals surface area contributed by atoms with Crippen LogP contribution >= 0.6 is 0 Å². The number of aliphatic carboxylic acids is 1. The Morgan fingerprint density at radius 2 is 2.00 bits per heavy atom. The third kappa shape index (κ3) is 3.65. The summed E-state index contributed by atoms with van der Waals surface area (Å²) in [5, 5.41) is 12.3. The van der Waals surface area contributed by atoms with Crippen molar-refractivity contribution in [3.63, 3.8) is 0 Å². The largest absolute Gasteiger partial charge is 0.481 e. The van der Waals surface area contributed by atoms with E-state index in [2.05, 4.69) is 5.32 Å². The molecule has 0 aliphatic heterocycles. The number of amides is 1. The van der Waals surface area contributed by atoms with E-state index in [-0.39, 0.29) is 18.4 Å². The highest BCUT2D eigenvalue weighted by atomic mass is 16.4. The van der Waals surface area contributed by atoms with Gasteiger partial charge < -0.3 is 14.8 Å². The summed E-state index contributed by atoms with van der Waals surface area (Å²) in [6, 6.07) is 3.42. The number of hydrogen-bond acceptors (Lipinski definition) is 3.